The van der Waals surface area contributed by atoms with E-state index in [9.17, 15) is 59.1 Å². The van der Waals surface area contributed by atoms with Crippen molar-refractivity contribution in [3.63, 3.8) is 0 Å². The van der Waals surface area contributed by atoms with Crippen molar-refractivity contribution >= 4 is 5.78 Å². The van der Waals surface area contributed by atoms with E-state index in [1.54, 1.807) is 0 Å². The summed E-state index contributed by atoms with van der Waals surface area (Å²) in [4.78, 5) is 18.6. The van der Waals surface area contributed by atoms with Crippen LogP contribution in [-0.4, -0.2) is 32.7 Å². The van der Waals surface area contributed by atoms with Crippen LogP contribution in [0.3, 0.4) is 0 Å². The Morgan fingerprint density at radius 1 is 0.729 bits per heavy atom. The summed E-state index contributed by atoms with van der Waals surface area (Å²) in [6.07, 6.45) is -0.234. The zero-order chi connectivity index (χ0) is 36.3. The number of ketones is 1. The number of halogens is 10. The van der Waals surface area contributed by atoms with Gasteiger partial charge < -0.3 is 14.6 Å². The minimum atomic E-state index is -5.16. The van der Waals surface area contributed by atoms with Gasteiger partial charge in [-0.2, -0.15) is 45.6 Å². The van der Waals surface area contributed by atoms with E-state index in [4.69, 9.17) is 16.1 Å². The first kappa shape index (κ1) is 32.2. The first-order valence-electron chi connectivity index (χ1n) is 13.2. The molecule has 0 bridgehead atoms. The summed E-state index contributed by atoms with van der Waals surface area (Å²) in [7, 11) is 0. The van der Waals surface area contributed by atoms with Crippen LogP contribution in [0, 0.1) is 34.3 Å². The molecule has 2 aliphatic carbocycles. The van der Waals surface area contributed by atoms with Crippen LogP contribution >= 0.6 is 0 Å². The number of carbonyl (C=O) groups excluding carboxylic acids is 1. The number of Topliss-reactive ketones (excluding diaryl/α,β-unsaturated/α-hetero) is 1. The predicted molar refractivity (Wildman–Crippen MR) is 138 cm³/mol. The van der Waals surface area contributed by atoms with Crippen molar-refractivity contribution < 1.29 is 64.6 Å². The normalized spacial score (nSPS) is 20.6. The molecule has 2 heterocycles. The number of hydrogen-bond acceptors (Lipinski definition) is 8. The lowest BCUT2D eigenvalue weighted by Crippen LogP contribution is -2.38. The van der Waals surface area contributed by atoms with E-state index in [0.29, 0.717) is 12.1 Å². The lowest BCUT2D eigenvalue weighted by molar-refractivity contribution is -0.246. The lowest BCUT2D eigenvalue weighted by atomic mass is 10.0. The third kappa shape index (κ3) is 5.10. The van der Waals surface area contributed by atoms with E-state index in [0.717, 1.165) is 49.1 Å². The zero-order valence-corrected chi connectivity index (χ0v) is 23.0. The molecule has 2 aromatic carbocycles. The van der Waals surface area contributed by atoms with Gasteiger partial charge in [0.05, 0.1) is 31.7 Å². The van der Waals surface area contributed by atoms with Gasteiger partial charge in [0.25, 0.3) is 0 Å². The van der Waals surface area contributed by atoms with E-state index in [-0.39, 0.29) is 11.5 Å². The van der Waals surface area contributed by atoms with Crippen LogP contribution in [0.1, 0.15) is 45.6 Å². The molecule has 2 aromatic heterocycles. The maximum atomic E-state index is 13.9. The third-order valence-corrected chi connectivity index (χ3v) is 6.88. The van der Waals surface area contributed by atoms with Gasteiger partial charge in [0.1, 0.15) is 57.9 Å². The number of rotatable bonds is 4. The summed E-state index contributed by atoms with van der Waals surface area (Å²) in [5.74, 6) is -24.8. The fourth-order valence-electron chi connectivity index (χ4n) is 4.66. The molecule has 48 heavy (non-hydrogen) atoms. The van der Waals surface area contributed by atoms with Crippen molar-refractivity contribution in [3.05, 3.63) is 106 Å². The number of nitrogens with zero attached hydrogens (tertiary/aromatic N) is 4. The Kier molecular flexibility index (Phi) is 7.71. The summed E-state index contributed by atoms with van der Waals surface area (Å²) >= 11 is 0. The smallest absolute Gasteiger partial charge is 0.376 e. The average molecular weight is 683 g/mol. The highest BCUT2D eigenvalue weighted by atomic mass is 19.3. The fraction of sp³-hybridized carbons (Fsp3) is 0.167. The molecule has 18 heteroatoms. The first-order valence-corrected chi connectivity index (χ1v) is 12.7. The van der Waals surface area contributed by atoms with Gasteiger partial charge in [-0.15, -0.1) is 0 Å². The van der Waals surface area contributed by atoms with Crippen LogP contribution in [0.25, 0.3) is 0 Å². The van der Waals surface area contributed by atoms with Crippen molar-refractivity contribution in [2.75, 3.05) is 0 Å². The summed E-state index contributed by atoms with van der Waals surface area (Å²) in [5.41, 5.74) is -6.62. The van der Waals surface area contributed by atoms with Crippen molar-refractivity contribution in [3.8, 4) is 35.1 Å². The molecule has 8 nitrogen and oxygen atoms in total. The van der Waals surface area contributed by atoms with Crippen LogP contribution in [0.4, 0.5) is 43.9 Å². The molecule has 0 spiro atoms. The second kappa shape index (κ2) is 11.5. The molecule has 1 atom stereocenters. The van der Waals surface area contributed by atoms with Crippen LogP contribution in [0.15, 0.2) is 61.2 Å². The Morgan fingerprint density at radius 3 is 1.69 bits per heavy atom. The number of carbonyl (C=O) groups is 1. The lowest BCUT2D eigenvalue weighted by Gasteiger charge is -2.20. The molecule has 246 valence electrons. The SMILES string of the molecule is N#Cc1c(Oc2cncc(F)c2)ccc2c1C(=O)C(F)(F)C2(F)F.[2H]C1(O)c2c(ccc(Oc3cncc(F)c3)c2C#N)C(F)(F)C1(F)F. The molecule has 0 radical (unpaired) electrons. The van der Waals surface area contributed by atoms with Gasteiger partial charge in [0.15, 0.2) is 6.08 Å². The summed E-state index contributed by atoms with van der Waals surface area (Å²) in [6, 6.07) is 7.27. The quantitative estimate of drug-likeness (QED) is 0.220. The van der Waals surface area contributed by atoms with Crippen molar-refractivity contribution in [1.29, 1.82) is 10.5 Å². The number of ether oxygens (including phenoxy) is 2. The Morgan fingerprint density at radius 2 is 1.21 bits per heavy atom. The Hall–Kier alpha value is -5.75. The van der Waals surface area contributed by atoms with E-state index < -0.39 is 92.1 Å². The molecule has 0 fully saturated rings. The number of fused-ring (bicyclic) bond motifs is 2. The van der Waals surface area contributed by atoms with Crippen molar-refractivity contribution in [2.45, 2.75) is 29.8 Å². The molecular formula is C30H12F10N4O4. The highest BCUT2D eigenvalue weighted by Gasteiger charge is 2.70. The largest absolute Gasteiger partial charge is 0.454 e. The van der Waals surface area contributed by atoms with E-state index in [1.807, 2.05) is 0 Å². The van der Waals surface area contributed by atoms with Gasteiger partial charge in [-0.3, -0.25) is 14.8 Å². The van der Waals surface area contributed by atoms with Gasteiger partial charge in [0.2, 0.25) is 5.78 Å². The van der Waals surface area contributed by atoms with E-state index >= 15 is 0 Å². The third-order valence-electron chi connectivity index (χ3n) is 6.88. The number of aliphatic hydroxyl groups is 1. The molecule has 6 rings (SSSR count). The second-order valence-electron chi connectivity index (χ2n) is 9.80. The predicted octanol–water partition coefficient (Wildman–Crippen LogP) is 7.47. The van der Waals surface area contributed by atoms with E-state index in [1.165, 1.54) is 12.1 Å². The van der Waals surface area contributed by atoms with E-state index in [2.05, 4.69) is 9.97 Å². The number of hydrogen-bond donors (Lipinski definition) is 1. The van der Waals surface area contributed by atoms with Crippen LogP contribution < -0.4 is 9.47 Å². The highest BCUT2D eigenvalue weighted by molar-refractivity contribution is 6.09. The van der Waals surface area contributed by atoms with Crippen LogP contribution in [0.5, 0.6) is 23.0 Å². The number of alkyl halides is 8. The van der Waals surface area contributed by atoms with Gasteiger partial charge in [0, 0.05) is 28.8 Å². The Bertz CT molecular complexity index is 2120. The molecule has 0 saturated heterocycles. The maximum Gasteiger partial charge on any atom is 0.376 e. The van der Waals surface area contributed by atoms with Crippen LogP contribution in [0.2, 0.25) is 0 Å². The number of nitriles is 2. The molecule has 4 aromatic rings. The number of benzene rings is 2. The van der Waals surface area contributed by atoms with Gasteiger partial charge in [-0.25, -0.2) is 8.78 Å². The Balaban J connectivity index is 0.000000191. The number of aromatic nitrogens is 2. The summed E-state index contributed by atoms with van der Waals surface area (Å²) < 4.78 is 154. The van der Waals surface area contributed by atoms with Gasteiger partial charge in [-0.05, 0) is 24.3 Å². The molecular weight excluding hydrogens is 670 g/mol. The fourth-order valence-corrected chi connectivity index (χ4v) is 4.66. The number of pyridine rings is 2. The summed E-state index contributed by atoms with van der Waals surface area (Å²) in [5, 5.41) is 28.0. The average Bonchev–Trinajstić information content (AvgIpc) is 3.23. The molecule has 2 aliphatic rings. The molecule has 1 N–H and O–H groups in total. The second-order valence-corrected chi connectivity index (χ2v) is 9.80. The Labute approximate surface area is 262 Å². The monoisotopic (exact) mass is 683 g/mol. The molecule has 0 saturated carbocycles. The molecule has 0 amide bonds. The minimum Gasteiger partial charge on any atom is -0.454 e. The zero-order valence-electron chi connectivity index (χ0n) is 24.0. The van der Waals surface area contributed by atoms with Crippen molar-refractivity contribution in [2.24, 2.45) is 0 Å². The molecule has 1 unspecified atom stereocenters. The standard InChI is InChI=1S/C15H7F5N2O2.C15H5F5N2O2/c2*16-7-3-8(6-22-5-7)24-11-2-1-10-12(9(11)4-21)13(23)15(19,20)14(10,17)18/h1-3,5-6,13,23H;1-3,5-6H/i13D;. The molecule has 0 aliphatic heterocycles. The maximum absolute atomic E-state index is 13.9. The first-order chi connectivity index (χ1) is 22.7. The van der Waals surface area contributed by atoms with Gasteiger partial charge >= 0.3 is 23.7 Å². The summed E-state index contributed by atoms with van der Waals surface area (Å²) in [6.45, 7) is 0. The highest BCUT2D eigenvalue weighted by Crippen LogP contribution is 2.59. The minimum absolute atomic E-state index is 0.199. The van der Waals surface area contributed by atoms with Crippen molar-refractivity contribution in [1.82, 2.24) is 9.97 Å². The topological polar surface area (TPSA) is 129 Å². The van der Waals surface area contributed by atoms with Crippen LogP contribution in [-0.2, 0) is 11.8 Å². The van der Waals surface area contributed by atoms with Gasteiger partial charge in [-0.1, -0.05) is 0 Å².